The molecule has 2 N–H and O–H groups in total. The lowest BCUT2D eigenvalue weighted by atomic mass is 10.1. The number of rotatable bonds is 7. The van der Waals surface area contributed by atoms with Gasteiger partial charge in [-0.2, -0.15) is 0 Å². The quantitative estimate of drug-likeness (QED) is 0.607. The van der Waals surface area contributed by atoms with Crippen molar-refractivity contribution in [2.45, 2.75) is 19.8 Å². The summed E-state index contributed by atoms with van der Waals surface area (Å²) in [5.41, 5.74) is 3.44. The van der Waals surface area contributed by atoms with E-state index in [2.05, 4.69) is 21.6 Å². The van der Waals surface area contributed by atoms with Gasteiger partial charge in [-0.25, -0.2) is 4.79 Å². The second-order valence-corrected chi connectivity index (χ2v) is 5.38. The smallest absolute Gasteiger partial charge is 0.330 e. The highest BCUT2D eigenvalue weighted by Crippen LogP contribution is 2.23. The second-order valence-electron chi connectivity index (χ2n) is 5.38. The Balaban J connectivity index is 2.20. The van der Waals surface area contributed by atoms with Crippen LogP contribution in [0.5, 0.6) is 0 Å². The highest BCUT2D eigenvalue weighted by molar-refractivity contribution is 5.93. The van der Waals surface area contributed by atoms with Crippen LogP contribution in [-0.4, -0.2) is 30.5 Å². The number of H-pyrrole nitrogens is 1. The summed E-state index contributed by atoms with van der Waals surface area (Å²) in [6.07, 6.45) is 4.36. The van der Waals surface area contributed by atoms with Crippen molar-refractivity contribution >= 4 is 28.9 Å². The van der Waals surface area contributed by atoms with E-state index in [9.17, 15) is 9.59 Å². The molecule has 0 aliphatic rings. The molecular formula is C19H22N2O3. The van der Waals surface area contributed by atoms with Gasteiger partial charge in [0.1, 0.15) is 0 Å². The predicted molar refractivity (Wildman–Crippen MR) is 95.5 cm³/mol. The molecule has 0 saturated heterocycles. The van der Waals surface area contributed by atoms with Gasteiger partial charge in [-0.05, 0) is 30.5 Å². The molecule has 1 heterocycles. The fourth-order valence-electron chi connectivity index (χ4n) is 2.44. The highest BCUT2D eigenvalue weighted by Gasteiger charge is 2.11. The Morgan fingerprint density at radius 2 is 2.08 bits per heavy atom. The van der Waals surface area contributed by atoms with E-state index in [1.807, 2.05) is 31.2 Å². The van der Waals surface area contributed by atoms with Crippen molar-refractivity contribution in [3.8, 4) is 0 Å². The Hall–Kier alpha value is -2.82. The van der Waals surface area contributed by atoms with Crippen LogP contribution in [0.4, 0.5) is 0 Å². The largest absolute Gasteiger partial charge is 0.466 e. The van der Waals surface area contributed by atoms with E-state index in [1.165, 1.54) is 13.2 Å². The lowest BCUT2D eigenvalue weighted by Gasteiger charge is -2.06. The Morgan fingerprint density at radius 1 is 1.33 bits per heavy atom. The molecule has 1 aromatic heterocycles. The van der Waals surface area contributed by atoms with Crippen LogP contribution in [0.1, 0.15) is 24.6 Å². The predicted octanol–water partition coefficient (Wildman–Crippen LogP) is 2.98. The van der Waals surface area contributed by atoms with Crippen LogP contribution < -0.4 is 5.32 Å². The normalized spacial score (nSPS) is 10.9. The Morgan fingerprint density at radius 3 is 2.79 bits per heavy atom. The minimum absolute atomic E-state index is 0.121. The molecule has 126 valence electrons. The SMILES string of the molecule is C=C(CC)C(=O)NCCc1c(/C=C/C(=O)OC)[nH]c2ccccc12. The average Bonchev–Trinajstić information content (AvgIpc) is 2.96. The molecule has 1 aromatic carbocycles. The number of ether oxygens (including phenoxy) is 1. The average molecular weight is 326 g/mol. The van der Waals surface area contributed by atoms with Crippen LogP contribution in [0.15, 0.2) is 42.5 Å². The topological polar surface area (TPSA) is 71.2 Å². The van der Waals surface area contributed by atoms with Crippen molar-refractivity contribution in [2.75, 3.05) is 13.7 Å². The molecule has 5 heteroatoms. The number of carbonyl (C=O) groups is 2. The van der Waals surface area contributed by atoms with Gasteiger partial charge < -0.3 is 15.0 Å². The number of aromatic nitrogens is 1. The summed E-state index contributed by atoms with van der Waals surface area (Å²) in [5, 5.41) is 3.95. The van der Waals surface area contributed by atoms with Crippen LogP contribution in [0.3, 0.4) is 0 Å². The lowest BCUT2D eigenvalue weighted by Crippen LogP contribution is -2.26. The standard InChI is InChI=1S/C19H22N2O3/c1-4-13(2)19(23)20-12-11-15-14-7-5-6-8-16(14)21-17(15)9-10-18(22)24-3/h5-10,21H,2,4,11-12H2,1,3H3,(H,20,23)/b10-9+. The monoisotopic (exact) mass is 326 g/mol. The molecule has 0 fully saturated rings. The van der Waals surface area contributed by atoms with Gasteiger partial charge in [-0.3, -0.25) is 4.79 Å². The number of amides is 1. The summed E-state index contributed by atoms with van der Waals surface area (Å²) >= 11 is 0. The van der Waals surface area contributed by atoms with Crippen molar-refractivity contribution < 1.29 is 14.3 Å². The summed E-state index contributed by atoms with van der Waals surface area (Å²) in [5.74, 6) is -0.531. The van der Waals surface area contributed by atoms with E-state index in [0.717, 1.165) is 22.2 Å². The van der Waals surface area contributed by atoms with Gasteiger partial charge in [0.15, 0.2) is 0 Å². The zero-order valence-corrected chi connectivity index (χ0v) is 14.0. The van der Waals surface area contributed by atoms with Crippen LogP contribution >= 0.6 is 0 Å². The number of methoxy groups -OCH3 is 1. The molecule has 2 rings (SSSR count). The molecule has 0 aliphatic heterocycles. The van der Waals surface area contributed by atoms with Crippen molar-refractivity contribution in [3.05, 3.63) is 53.8 Å². The van der Waals surface area contributed by atoms with Crippen LogP contribution in [0, 0.1) is 0 Å². The molecule has 2 aromatic rings. The first-order valence-corrected chi connectivity index (χ1v) is 7.88. The van der Waals surface area contributed by atoms with Gasteiger partial charge in [-0.1, -0.05) is 31.7 Å². The number of carbonyl (C=O) groups excluding carboxylic acids is 2. The molecule has 0 aliphatic carbocycles. The number of esters is 1. The van der Waals surface area contributed by atoms with Gasteiger partial charge >= 0.3 is 5.97 Å². The molecule has 0 unspecified atom stereocenters. The minimum Gasteiger partial charge on any atom is -0.466 e. The molecule has 0 saturated carbocycles. The molecule has 0 spiro atoms. The molecule has 0 radical (unpaired) electrons. The third-order valence-corrected chi connectivity index (χ3v) is 3.84. The van der Waals surface area contributed by atoms with Gasteiger partial charge in [0, 0.05) is 34.8 Å². The Kier molecular flexibility index (Phi) is 5.95. The zero-order chi connectivity index (χ0) is 17.5. The number of nitrogens with one attached hydrogen (secondary N) is 2. The number of hydrogen-bond acceptors (Lipinski definition) is 3. The number of hydrogen-bond donors (Lipinski definition) is 2. The van der Waals surface area contributed by atoms with Crippen LogP contribution in [0.2, 0.25) is 0 Å². The van der Waals surface area contributed by atoms with Gasteiger partial charge in [0.05, 0.1) is 7.11 Å². The fourth-order valence-corrected chi connectivity index (χ4v) is 2.44. The summed E-state index contributed by atoms with van der Waals surface area (Å²) in [4.78, 5) is 26.4. The molecular weight excluding hydrogens is 304 g/mol. The number of aromatic amines is 1. The Bertz CT molecular complexity index is 787. The van der Waals surface area contributed by atoms with Gasteiger partial charge in [0.2, 0.25) is 5.91 Å². The van der Waals surface area contributed by atoms with E-state index in [0.29, 0.717) is 25.0 Å². The van der Waals surface area contributed by atoms with Crippen LogP contribution in [-0.2, 0) is 20.7 Å². The van der Waals surface area contributed by atoms with Crippen molar-refractivity contribution in [2.24, 2.45) is 0 Å². The van der Waals surface area contributed by atoms with E-state index in [-0.39, 0.29) is 5.91 Å². The number of fused-ring (bicyclic) bond motifs is 1. The van der Waals surface area contributed by atoms with E-state index in [4.69, 9.17) is 0 Å². The minimum atomic E-state index is -0.410. The van der Waals surface area contributed by atoms with Crippen molar-refractivity contribution in [1.29, 1.82) is 0 Å². The summed E-state index contributed by atoms with van der Waals surface area (Å²) in [7, 11) is 1.34. The van der Waals surface area contributed by atoms with Gasteiger partial charge in [0.25, 0.3) is 0 Å². The van der Waals surface area contributed by atoms with Crippen LogP contribution in [0.25, 0.3) is 17.0 Å². The first kappa shape index (κ1) is 17.5. The Labute approximate surface area is 141 Å². The number of benzene rings is 1. The van der Waals surface area contributed by atoms with E-state index >= 15 is 0 Å². The molecule has 1 amide bonds. The van der Waals surface area contributed by atoms with Gasteiger partial charge in [-0.15, -0.1) is 0 Å². The molecule has 24 heavy (non-hydrogen) atoms. The zero-order valence-electron chi connectivity index (χ0n) is 14.0. The van der Waals surface area contributed by atoms with Crippen molar-refractivity contribution in [1.82, 2.24) is 10.3 Å². The second kappa shape index (κ2) is 8.15. The summed E-state index contributed by atoms with van der Waals surface area (Å²) < 4.78 is 4.63. The summed E-state index contributed by atoms with van der Waals surface area (Å²) in [6, 6.07) is 7.91. The molecule has 0 atom stereocenters. The third kappa shape index (κ3) is 4.13. The lowest BCUT2D eigenvalue weighted by molar-refractivity contribution is -0.134. The van der Waals surface area contributed by atoms with E-state index < -0.39 is 5.97 Å². The third-order valence-electron chi connectivity index (χ3n) is 3.84. The maximum absolute atomic E-state index is 11.8. The van der Waals surface area contributed by atoms with Crippen molar-refractivity contribution in [3.63, 3.8) is 0 Å². The number of para-hydroxylation sites is 1. The summed E-state index contributed by atoms with van der Waals surface area (Å²) in [6.45, 7) is 6.13. The first-order chi connectivity index (χ1) is 11.6. The maximum Gasteiger partial charge on any atom is 0.330 e. The molecule has 0 bridgehead atoms. The maximum atomic E-state index is 11.8. The van der Waals surface area contributed by atoms with E-state index in [1.54, 1.807) is 6.08 Å². The molecule has 5 nitrogen and oxygen atoms in total. The first-order valence-electron chi connectivity index (χ1n) is 7.88. The highest BCUT2D eigenvalue weighted by atomic mass is 16.5. The fraction of sp³-hybridized carbons (Fsp3) is 0.263.